The molecule has 0 fully saturated rings. The van der Waals surface area contributed by atoms with Crippen molar-refractivity contribution in [3.05, 3.63) is 65.2 Å². The van der Waals surface area contributed by atoms with Gasteiger partial charge in [0.05, 0.1) is 5.38 Å². The first-order chi connectivity index (χ1) is 10.5. The number of rotatable bonds is 6. The molecule has 2 aromatic carbocycles. The lowest BCUT2D eigenvalue weighted by atomic mass is 10.0. The number of halogens is 1. The summed E-state index contributed by atoms with van der Waals surface area (Å²) in [5.74, 6) is 0.558. The SMILES string of the molecule is CCN(CC(Cl)c1ccc(C(C)C)cc1)c1cccc(C)c1. The lowest BCUT2D eigenvalue weighted by molar-refractivity contribution is 0.788. The van der Waals surface area contributed by atoms with Crippen LogP contribution in [0.15, 0.2) is 48.5 Å². The molecule has 0 amide bonds. The van der Waals surface area contributed by atoms with E-state index in [0.717, 1.165) is 13.1 Å². The highest BCUT2D eigenvalue weighted by molar-refractivity contribution is 6.21. The fourth-order valence-electron chi connectivity index (χ4n) is 2.63. The zero-order valence-electron chi connectivity index (χ0n) is 14.0. The molecule has 0 aromatic heterocycles. The summed E-state index contributed by atoms with van der Waals surface area (Å²) in [6.45, 7) is 10.5. The Kier molecular flexibility index (Phi) is 5.90. The molecule has 0 aliphatic carbocycles. The van der Waals surface area contributed by atoms with Crippen LogP contribution in [0.4, 0.5) is 5.69 Å². The standard InChI is InChI=1S/C20H26ClN/c1-5-22(19-8-6-7-16(4)13-19)14-20(21)18-11-9-17(10-12-18)15(2)3/h6-13,15,20H,5,14H2,1-4H3. The van der Waals surface area contributed by atoms with Crippen LogP contribution < -0.4 is 4.90 Å². The van der Waals surface area contributed by atoms with Gasteiger partial charge in [-0.2, -0.15) is 0 Å². The van der Waals surface area contributed by atoms with Gasteiger partial charge in [0.2, 0.25) is 0 Å². The summed E-state index contributed by atoms with van der Waals surface area (Å²) in [6, 6.07) is 17.3. The Hall–Kier alpha value is -1.47. The maximum atomic E-state index is 6.66. The topological polar surface area (TPSA) is 3.24 Å². The highest BCUT2D eigenvalue weighted by Gasteiger charge is 2.14. The third-order valence-electron chi connectivity index (χ3n) is 4.09. The molecule has 0 aliphatic heterocycles. The third-order valence-corrected chi connectivity index (χ3v) is 4.48. The molecule has 0 radical (unpaired) electrons. The van der Waals surface area contributed by atoms with E-state index in [1.54, 1.807) is 0 Å². The molecule has 0 saturated heterocycles. The Bertz CT molecular complexity index is 589. The Balaban J connectivity index is 2.10. The Labute approximate surface area is 139 Å². The number of alkyl halides is 1. The van der Waals surface area contributed by atoms with Crippen molar-refractivity contribution in [1.29, 1.82) is 0 Å². The van der Waals surface area contributed by atoms with Crippen LogP contribution in [0.5, 0.6) is 0 Å². The Morgan fingerprint density at radius 2 is 1.64 bits per heavy atom. The van der Waals surface area contributed by atoms with Gasteiger partial charge in [0, 0.05) is 18.8 Å². The van der Waals surface area contributed by atoms with E-state index in [1.807, 2.05) is 0 Å². The van der Waals surface area contributed by atoms with Crippen molar-refractivity contribution in [2.45, 2.75) is 39.0 Å². The van der Waals surface area contributed by atoms with E-state index < -0.39 is 0 Å². The molecule has 0 N–H and O–H groups in total. The third kappa shape index (κ3) is 4.27. The lowest BCUT2D eigenvalue weighted by Crippen LogP contribution is -2.26. The van der Waals surface area contributed by atoms with E-state index in [9.17, 15) is 0 Å². The van der Waals surface area contributed by atoms with Gasteiger partial charge in [-0.15, -0.1) is 11.6 Å². The summed E-state index contributed by atoms with van der Waals surface area (Å²) in [7, 11) is 0. The molecule has 0 spiro atoms. The number of likely N-dealkylation sites (N-methyl/N-ethyl adjacent to an activating group) is 1. The van der Waals surface area contributed by atoms with Crippen molar-refractivity contribution in [3.63, 3.8) is 0 Å². The molecular weight excluding hydrogens is 290 g/mol. The molecule has 1 unspecified atom stereocenters. The lowest BCUT2D eigenvalue weighted by Gasteiger charge is -2.26. The van der Waals surface area contributed by atoms with Crippen molar-refractivity contribution in [2.24, 2.45) is 0 Å². The van der Waals surface area contributed by atoms with Crippen LogP contribution >= 0.6 is 11.6 Å². The summed E-state index contributed by atoms with van der Waals surface area (Å²) in [6.07, 6.45) is 0. The van der Waals surface area contributed by atoms with E-state index in [1.165, 1.54) is 22.4 Å². The van der Waals surface area contributed by atoms with E-state index in [4.69, 9.17) is 11.6 Å². The molecule has 2 aromatic rings. The van der Waals surface area contributed by atoms with Crippen molar-refractivity contribution in [3.8, 4) is 0 Å². The van der Waals surface area contributed by atoms with Crippen LogP contribution in [0.2, 0.25) is 0 Å². The average Bonchev–Trinajstić information content (AvgIpc) is 2.52. The minimum Gasteiger partial charge on any atom is -0.370 e. The van der Waals surface area contributed by atoms with Gasteiger partial charge in [0.15, 0.2) is 0 Å². The second-order valence-corrected chi connectivity index (χ2v) is 6.69. The molecule has 0 aliphatic rings. The molecule has 118 valence electrons. The van der Waals surface area contributed by atoms with Crippen LogP contribution in [0.25, 0.3) is 0 Å². The normalized spacial score (nSPS) is 12.5. The predicted octanol–water partition coefficient (Wildman–Crippen LogP) is 5.92. The van der Waals surface area contributed by atoms with Gasteiger partial charge in [-0.05, 0) is 48.6 Å². The van der Waals surface area contributed by atoms with Gasteiger partial charge < -0.3 is 4.90 Å². The van der Waals surface area contributed by atoms with E-state index in [0.29, 0.717) is 5.92 Å². The van der Waals surface area contributed by atoms with Crippen LogP contribution in [-0.4, -0.2) is 13.1 Å². The smallest absolute Gasteiger partial charge is 0.0760 e. The molecule has 0 heterocycles. The maximum absolute atomic E-state index is 6.66. The quantitative estimate of drug-likeness (QED) is 0.598. The van der Waals surface area contributed by atoms with Crippen LogP contribution in [0.1, 0.15) is 48.8 Å². The second-order valence-electron chi connectivity index (χ2n) is 6.17. The number of benzene rings is 2. The largest absolute Gasteiger partial charge is 0.370 e. The van der Waals surface area contributed by atoms with Crippen LogP contribution in [0.3, 0.4) is 0 Å². The predicted molar refractivity (Wildman–Crippen MR) is 98.2 cm³/mol. The van der Waals surface area contributed by atoms with Gasteiger partial charge in [-0.25, -0.2) is 0 Å². The van der Waals surface area contributed by atoms with Gasteiger partial charge in [0.1, 0.15) is 0 Å². The fourth-order valence-corrected chi connectivity index (χ4v) is 2.94. The maximum Gasteiger partial charge on any atom is 0.0760 e. The highest BCUT2D eigenvalue weighted by Crippen LogP contribution is 2.26. The molecule has 22 heavy (non-hydrogen) atoms. The number of anilines is 1. The first-order valence-corrected chi connectivity index (χ1v) is 8.50. The van der Waals surface area contributed by atoms with Crippen molar-refractivity contribution in [1.82, 2.24) is 0 Å². The first-order valence-electron chi connectivity index (χ1n) is 8.06. The summed E-state index contributed by atoms with van der Waals surface area (Å²) in [4.78, 5) is 2.33. The molecule has 0 bridgehead atoms. The average molecular weight is 316 g/mol. The van der Waals surface area contributed by atoms with Gasteiger partial charge in [-0.1, -0.05) is 50.2 Å². The Morgan fingerprint density at radius 3 is 2.18 bits per heavy atom. The fraction of sp³-hybridized carbons (Fsp3) is 0.400. The zero-order valence-corrected chi connectivity index (χ0v) is 14.8. The molecule has 0 saturated carbocycles. The van der Waals surface area contributed by atoms with Crippen molar-refractivity contribution < 1.29 is 0 Å². The first kappa shape index (κ1) is 16.9. The number of nitrogens with zero attached hydrogens (tertiary/aromatic N) is 1. The van der Waals surface area contributed by atoms with E-state index in [-0.39, 0.29) is 5.38 Å². The summed E-state index contributed by atoms with van der Waals surface area (Å²) in [5.41, 5.74) is 5.08. The monoisotopic (exact) mass is 315 g/mol. The number of aryl methyl sites for hydroxylation is 1. The van der Waals surface area contributed by atoms with Crippen LogP contribution in [0, 0.1) is 6.92 Å². The summed E-state index contributed by atoms with van der Waals surface area (Å²) >= 11 is 6.66. The van der Waals surface area contributed by atoms with Gasteiger partial charge >= 0.3 is 0 Å². The molecule has 2 rings (SSSR count). The van der Waals surface area contributed by atoms with Gasteiger partial charge in [-0.3, -0.25) is 0 Å². The summed E-state index contributed by atoms with van der Waals surface area (Å²) in [5, 5.41) is 0.00155. The minimum atomic E-state index is 0.00155. The molecule has 2 heteroatoms. The van der Waals surface area contributed by atoms with E-state index >= 15 is 0 Å². The second kappa shape index (κ2) is 7.69. The zero-order chi connectivity index (χ0) is 16.1. The highest BCUT2D eigenvalue weighted by atomic mass is 35.5. The van der Waals surface area contributed by atoms with Gasteiger partial charge in [0.25, 0.3) is 0 Å². The molecule has 1 atom stereocenters. The van der Waals surface area contributed by atoms with Crippen LogP contribution in [-0.2, 0) is 0 Å². The number of hydrogen-bond donors (Lipinski definition) is 0. The Morgan fingerprint density at radius 1 is 1.00 bits per heavy atom. The summed E-state index contributed by atoms with van der Waals surface area (Å²) < 4.78 is 0. The van der Waals surface area contributed by atoms with E-state index in [2.05, 4.69) is 81.1 Å². The van der Waals surface area contributed by atoms with Crippen molar-refractivity contribution in [2.75, 3.05) is 18.0 Å². The minimum absolute atomic E-state index is 0.00155. The molecular formula is C20H26ClN. The number of hydrogen-bond acceptors (Lipinski definition) is 1. The van der Waals surface area contributed by atoms with Crippen molar-refractivity contribution >= 4 is 17.3 Å². The molecule has 1 nitrogen and oxygen atoms in total.